The lowest BCUT2D eigenvalue weighted by molar-refractivity contribution is -0.159. The number of aliphatic hydroxyl groups is 1. The smallest absolute Gasteiger partial charge is 0.0942 e. The summed E-state index contributed by atoms with van der Waals surface area (Å²) < 4.78 is 6.21. The average molecular weight is 282 g/mol. The zero-order valence-corrected chi connectivity index (χ0v) is 13.6. The van der Waals surface area contributed by atoms with Crippen molar-refractivity contribution in [1.29, 1.82) is 0 Å². The second-order valence-electron chi connectivity index (χ2n) is 6.97. The summed E-state index contributed by atoms with van der Waals surface area (Å²) in [6.07, 6.45) is 13.3. The average Bonchev–Trinajstić information content (AvgIpc) is 2.73. The molecule has 0 bridgehead atoms. The Labute approximate surface area is 125 Å². The number of rotatable bonds is 5. The van der Waals surface area contributed by atoms with Gasteiger partial charge in [-0.1, -0.05) is 58.3 Å². The van der Waals surface area contributed by atoms with E-state index in [0.29, 0.717) is 11.8 Å². The van der Waals surface area contributed by atoms with Crippen LogP contribution >= 0.6 is 0 Å². The minimum atomic E-state index is -0.245. The van der Waals surface area contributed by atoms with Crippen molar-refractivity contribution in [1.82, 2.24) is 0 Å². The minimum Gasteiger partial charge on any atom is -0.390 e. The van der Waals surface area contributed by atoms with Crippen LogP contribution in [-0.2, 0) is 4.74 Å². The Balaban J connectivity index is 2.13. The van der Waals surface area contributed by atoms with Gasteiger partial charge in [0, 0.05) is 6.61 Å². The molecule has 2 nitrogen and oxygen atoms in total. The molecule has 3 unspecified atom stereocenters. The molecule has 2 heteroatoms. The third kappa shape index (κ3) is 3.57. The number of aliphatic hydroxyl groups excluding tert-OH is 1. The van der Waals surface area contributed by atoms with Crippen molar-refractivity contribution in [2.75, 3.05) is 6.61 Å². The van der Waals surface area contributed by atoms with Gasteiger partial charge in [0.15, 0.2) is 0 Å². The highest BCUT2D eigenvalue weighted by molar-refractivity contribution is 4.96. The monoisotopic (exact) mass is 282 g/mol. The molecule has 0 amide bonds. The maximum Gasteiger partial charge on any atom is 0.0942 e. The predicted molar refractivity (Wildman–Crippen MR) is 83.8 cm³/mol. The zero-order valence-electron chi connectivity index (χ0n) is 13.6. The second kappa shape index (κ2) is 7.79. The van der Waals surface area contributed by atoms with Gasteiger partial charge in [-0.3, -0.25) is 0 Å². The highest BCUT2D eigenvalue weighted by Crippen LogP contribution is 2.43. The van der Waals surface area contributed by atoms with E-state index in [1.54, 1.807) is 0 Å². The van der Waals surface area contributed by atoms with E-state index < -0.39 is 0 Å². The summed E-state index contributed by atoms with van der Waals surface area (Å²) in [5.74, 6) is 1.18. The van der Waals surface area contributed by atoms with Crippen LogP contribution in [0.1, 0.15) is 84.5 Å². The Morgan fingerprint density at radius 2 is 1.65 bits per heavy atom. The summed E-state index contributed by atoms with van der Waals surface area (Å²) in [6, 6.07) is 0. The van der Waals surface area contributed by atoms with E-state index in [-0.39, 0.29) is 11.7 Å². The Morgan fingerprint density at radius 1 is 1.00 bits per heavy atom. The molecule has 0 aromatic heterocycles. The largest absolute Gasteiger partial charge is 0.390 e. The van der Waals surface area contributed by atoms with E-state index in [4.69, 9.17) is 4.74 Å². The van der Waals surface area contributed by atoms with Crippen LogP contribution in [0.4, 0.5) is 0 Å². The molecule has 20 heavy (non-hydrogen) atoms. The van der Waals surface area contributed by atoms with E-state index >= 15 is 0 Å². The van der Waals surface area contributed by atoms with Gasteiger partial charge in [-0.15, -0.1) is 0 Å². The van der Waals surface area contributed by atoms with Crippen molar-refractivity contribution in [3.8, 4) is 0 Å². The van der Waals surface area contributed by atoms with Crippen LogP contribution in [0.3, 0.4) is 0 Å². The fourth-order valence-electron chi connectivity index (χ4n) is 4.69. The summed E-state index contributed by atoms with van der Waals surface area (Å²) in [4.78, 5) is 0. The molecule has 0 spiro atoms. The van der Waals surface area contributed by atoms with Crippen molar-refractivity contribution in [2.24, 2.45) is 11.8 Å². The van der Waals surface area contributed by atoms with Crippen LogP contribution in [-0.4, -0.2) is 23.4 Å². The van der Waals surface area contributed by atoms with Crippen LogP contribution in [0.15, 0.2) is 0 Å². The van der Waals surface area contributed by atoms with Gasteiger partial charge >= 0.3 is 0 Å². The first-order valence-electron chi connectivity index (χ1n) is 9.05. The maximum absolute atomic E-state index is 11.2. The van der Waals surface area contributed by atoms with Gasteiger partial charge in [-0.25, -0.2) is 0 Å². The second-order valence-corrected chi connectivity index (χ2v) is 6.97. The van der Waals surface area contributed by atoms with Crippen LogP contribution in [0.5, 0.6) is 0 Å². The molecule has 3 atom stereocenters. The molecule has 2 fully saturated rings. The summed E-state index contributed by atoms with van der Waals surface area (Å²) in [6.45, 7) is 5.11. The summed E-state index contributed by atoms with van der Waals surface area (Å²) in [5.41, 5.74) is -0.235. The third-order valence-electron chi connectivity index (χ3n) is 5.82. The molecule has 2 aliphatic rings. The Kier molecular flexibility index (Phi) is 6.35. The molecule has 0 aromatic rings. The first kappa shape index (κ1) is 16.3. The van der Waals surface area contributed by atoms with Crippen molar-refractivity contribution < 1.29 is 9.84 Å². The molecule has 0 aromatic carbocycles. The Hall–Kier alpha value is -0.0800. The van der Waals surface area contributed by atoms with Crippen molar-refractivity contribution in [3.05, 3.63) is 0 Å². The van der Waals surface area contributed by atoms with E-state index in [2.05, 4.69) is 13.8 Å². The third-order valence-corrected chi connectivity index (χ3v) is 5.82. The lowest BCUT2D eigenvalue weighted by Gasteiger charge is -2.45. The molecular weight excluding hydrogens is 248 g/mol. The lowest BCUT2D eigenvalue weighted by Crippen LogP contribution is -2.51. The fourth-order valence-corrected chi connectivity index (χ4v) is 4.69. The SMILES string of the molecule is CCOC1(C(O)C2CCCCC2CC)CCCCCC1. The van der Waals surface area contributed by atoms with Gasteiger partial charge < -0.3 is 9.84 Å². The molecular formula is C18H34O2. The fraction of sp³-hybridized carbons (Fsp3) is 1.00. The molecule has 1 N–H and O–H groups in total. The van der Waals surface area contributed by atoms with Gasteiger partial charge in [0.05, 0.1) is 11.7 Å². The lowest BCUT2D eigenvalue weighted by atomic mass is 9.69. The van der Waals surface area contributed by atoms with Gasteiger partial charge in [0.2, 0.25) is 0 Å². The number of hydrogen-bond acceptors (Lipinski definition) is 2. The van der Waals surface area contributed by atoms with Gasteiger partial charge in [0.25, 0.3) is 0 Å². The molecule has 118 valence electrons. The van der Waals surface area contributed by atoms with Crippen LogP contribution < -0.4 is 0 Å². The van der Waals surface area contributed by atoms with Crippen molar-refractivity contribution in [2.45, 2.75) is 96.2 Å². The quantitative estimate of drug-likeness (QED) is 0.741. The topological polar surface area (TPSA) is 29.5 Å². The van der Waals surface area contributed by atoms with E-state index in [1.165, 1.54) is 57.8 Å². The molecule has 0 radical (unpaired) electrons. The summed E-state index contributed by atoms with van der Waals surface area (Å²) in [5, 5.41) is 11.2. The highest BCUT2D eigenvalue weighted by Gasteiger charge is 2.45. The van der Waals surface area contributed by atoms with E-state index in [0.717, 1.165) is 19.4 Å². The summed E-state index contributed by atoms with van der Waals surface area (Å²) >= 11 is 0. The molecule has 2 rings (SSSR count). The molecule has 0 heterocycles. The number of ether oxygens (including phenoxy) is 1. The van der Waals surface area contributed by atoms with Crippen LogP contribution in [0.25, 0.3) is 0 Å². The zero-order chi connectivity index (χ0) is 14.4. The standard InChI is InChI=1S/C18H34O2/c1-3-15-11-7-8-12-16(15)17(19)18(20-4-2)13-9-5-6-10-14-18/h15-17,19H,3-14H2,1-2H3. The Bertz CT molecular complexity index is 269. The Morgan fingerprint density at radius 3 is 2.25 bits per heavy atom. The maximum atomic E-state index is 11.2. The van der Waals surface area contributed by atoms with Gasteiger partial charge in [-0.05, 0) is 38.0 Å². The molecule has 0 aliphatic heterocycles. The normalized spacial score (nSPS) is 32.5. The molecule has 2 aliphatic carbocycles. The van der Waals surface area contributed by atoms with Gasteiger partial charge in [-0.2, -0.15) is 0 Å². The van der Waals surface area contributed by atoms with Crippen LogP contribution in [0, 0.1) is 11.8 Å². The van der Waals surface area contributed by atoms with Crippen molar-refractivity contribution >= 4 is 0 Å². The predicted octanol–water partition coefficient (Wildman–Crippen LogP) is 4.69. The number of hydrogen-bond donors (Lipinski definition) is 1. The first-order chi connectivity index (χ1) is 9.73. The van der Waals surface area contributed by atoms with Crippen molar-refractivity contribution in [3.63, 3.8) is 0 Å². The van der Waals surface area contributed by atoms with E-state index in [1.807, 2.05) is 0 Å². The van der Waals surface area contributed by atoms with Crippen LogP contribution in [0.2, 0.25) is 0 Å². The summed E-state index contributed by atoms with van der Waals surface area (Å²) in [7, 11) is 0. The first-order valence-corrected chi connectivity index (χ1v) is 9.05. The molecule has 2 saturated carbocycles. The minimum absolute atomic E-state index is 0.235. The van der Waals surface area contributed by atoms with E-state index in [9.17, 15) is 5.11 Å². The highest BCUT2D eigenvalue weighted by atomic mass is 16.5. The molecule has 0 saturated heterocycles. The van der Waals surface area contributed by atoms with Gasteiger partial charge in [0.1, 0.15) is 0 Å².